The number of primary amides is 1. The average Bonchev–Trinajstić information content (AvgIpc) is 2.01. The molecule has 0 aromatic heterocycles. The van der Waals surface area contributed by atoms with E-state index in [4.69, 9.17) is 5.73 Å². The van der Waals surface area contributed by atoms with Gasteiger partial charge in [0, 0.05) is 5.92 Å². The third-order valence-corrected chi connectivity index (χ3v) is 3.68. The van der Waals surface area contributed by atoms with Crippen LogP contribution in [0, 0.1) is 11.3 Å². The fourth-order valence-electron chi connectivity index (χ4n) is 2.90. The molecule has 0 heterocycles. The minimum atomic E-state index is -0.0776. The highest BCUT2D eigenvalue weighted by Gasteiger charge is 2.46. The van der Waals surface area contributed by atoms with Crippen LogP contribution in [0.3, 0.4) is 0 Å². The van der Waals surface area contributed by atoms with Gasteiger partial charge in [-0.15, -0.1) is 0 Å². The maximum atomic E-state index is 10.8. The van der Waals surface area contributed by atoms with E-state index < -0.39 is 0 Å². The van der Waals surface area contributed by atoms with Crippen molar-refractivity contribution in [1.82, 2.24) is 0 Å². The van der Waals surface area contributed by atoms with Crippen LogP contribution in [0.25, 0.3) is 0 Å². The molecular formula is C10H17NO. The molecule has 1 amide bonds. The van der Waals surface area contributed by atoms with Crippen molar-refractivity contribution in [1.29, 1.82) is 0 Å². The summed E-state index contributed by atoms with van der Waals surface area (Å²) in [5, 5.41) is 0. The van der Waals surface area contributed by atoms with E-state index in [1.807, 2.05) is 0 Å². The molecule has 2 nitrogen and oxygen atoms in total. The summed E-state index contributed by atoms with van der Waals surface area (Å²) in [5.41, 5.74) is 5.80. The van der Waals surface area contributed by atoms with Gasteiger partial charge in [0.1, 0.15) is 0 Å². The van der Waals surface area contributed by atoms with E-state index in [1.54, 1.807) is 0 Å². The van der Waals surface area contributed by atoms with E-state index in [2.05, 4.69) is 0 Å². The molecule has 12 heavy (non-hydrogen) atoms. The molecule has 0 bridgehead atoms. The molecule has 1 spiro atoms. The summed E-state index contributed by atoms with van der Waals surface area (Å²) in [7, 11) is 0. The van der Waals surface area contributed by atoms with E-state index >= 15 is 0 Å². The highest BCUT2D eigenvalue weighted by molar-refractivity contribution is 5.77. The van der Waals surface area contributed by atoms with Gasteiger partial charge < -0.3 is 5.73 Å². The Morgan fingerprint density at radius 1 is 1.17 bits per heavy atom. The molecule has 2 rings (SSSR count). The highest BCUT2D eigenvalue weighted by atomic mass is 16.1. The smallest absolute Gasteiger partial charge is 0.220 e. The number of carbonyl (C=O) groups is 1. The van der Waals surface area contributed by atoms with Crippen LogP contribution in [0.5, 0.6) is 0 Å². The van der Waals surface area contributed by atoms with Gasteiger partial charge in [0.15, 0.2) is 0 Å². The number of amides is 1. The lowest BCUT2D eigenvalue weighted by Crippen LogP contribution is -2.44. The van der Waals surface area contributed by atoms with Crippen molar-refractivity contribution in [2.75, 3.05) is 0 Å². The summed E-state index contributed by atoms with van der Waals surface area (Å²) in [6.07, 6.45) is 8.98. The molecule has 2 saturated carbocycles. The molecule has 2 N–H and O–H groups in total. The predicted octanol–water partition coefficient (Wildman–Crippen LogP) is 1.83. The molecule has 2 aliphatic rings. The predicted molar refractivity (Wildman–Crippen MR) is 47.4 cm³/mol. The summed E-state index contributed by atoms with van der Waals surface area (Å²) >= 11 is 0. The van der Waals surface area contributed by atoms with Crippen molar-refractivity contribution >= 4 is 5.91 Å². The molecule has 0 saturated heterocycles. The van der Waals surface area contributed by atoms with Crippen LogP contribution < -0.4 is 5.73 Å². The molecular weight excluding hydrogens is 150 g/mol. The minimum Gasteiger partial charge on any atom is -0.369 e. The van der Waals surface area contributed by atoms with Gasteiger partial charge in [-0.25, -0.2) is 0 Å². The van der Waals surface area contributed by atoms with Crippen LogP contribution in [0.15, 0.2) is 0 Å². The van der Waals surface area contributed by atoms with Crippen molar-refractivity contribution in [3.63, 3.8) is 0 Å². The maximum Gasteiger partial charge on any atom is 0.220 e. The minimum absolute atomic E-state index is 0.0776. The fraction of sp³-hybridized carbons (Fsp3) is 0.900. The monoisotopic (exact) mass is 167 g/mol. The topological polar surface area (TPSA) is 43.1 Å². The second-order valence-corrected chi connectivity index (χ2v) is 4.57. The Kier molecular flexibility index (Phi) is 1.85. The van der Waals surface area contributed by atoms with Crippen molar-refractivity contribution < 1.29 is 4.79 Å². The van der Waals surface area contributed by atoms with Gasteiger partial charge in [-0.1, -0.05) is 19.3 Å². The summed E-state index contributed by atoms with van der Waals surface area (Å²) in [6.45, 7) is 0. The molecule has 2 fully saturated rings. The van der Waals surface area contributed by atoms with Gasteiger partial charge in [-0.05, 0) is 31.1 Å². The van der Waals surface area contributed by atoms with E-state index in [-0.39, 0.29) is 11.8 Å². The van der Waals surface area contributed by atoms with Crippen molar-refractivity contribution in [3.8, 4) is 0 Å². The van der Waals surface area contributed by atoms with E-state index in [1.165, 1.54) is 32.1 Å². The van der Waals surface area contributed by atoms with Gasteiger partial charge in [-0.2, -0.15) is 0 Å². The summed E-state index contributed by atoms with van der Waals surface area (Å²) in [4.78, 5) is 10.8. The number of hydrogen-bond donors (Lipinski definition) is 1. The van der Waals surface area contributed by atoms with E-state index in [9.17, 15) is 4.79 Å². The molecule has 2 heteroatoms. The van der Waals surface area contributed by atoms with Crippen molar-refractivity contribution in [2.45, 2.75) is 44.9 Å². The standard InChI is InChI=1S/C10H17NO/c11-9(12)8-6-10(7-8)4-2-1-3-5-10/h8H,1-7H2,(H2,11,12). The van der Waals surface area contributed by atoms with Crippen LogP contribution >= 0.6 is 0 Å². The molecule has 2 aliphatic carbocycles. The average molecular weight is 167 g/mol. The molecule has 0 aliphatic heterocycles. The second-order valence-electron chi connectivity index (χ2n) is 4.57. The summed E-state index contributed by atoms with van der Waals surface area (Å²) in [5.74, 6) is 0.134. The highest BCUT2D eigenvalue weighted by Crippen LogP contribution is 2.54. The normalized spacial score (nSPS) is 28.3. The number of rotatable bonds is 1. The molecule has 0 atom stereocenters. The number of nitrogens with two attached hydrogens (primary N) is 1. The Balaban J connectivity index is 1.88. The van der Waals surface area contributed by atoms with Crippen molar-refractivity contribution in [2.24, 2.45) is 17.1 Å². The lowest BCUT2D eigenvalue weighted by Gasteiger charge is -2.49. The van der Waals surface area contributed by atoms with Gasteiger partial charge in [0.25, 0.3) is 0 Å². The fourth-order valence-corrected chi connectivity index (χ4v) is 2.90. The molecule has 0 unspecified atom stereocenters. The molecule has 0 aromatic rings. The van der Waals surface area contributed by atoms with Crippen LogP contribution in [0.2, 0.25) is 0 Å². The Bertz CT molecular complexity index is 186. The van der Waals surface area contributed by atoms with E-state index in [0.717, 1.165) is 12.8 Å². The Morgan fingerprint density at radius 2 is 1.75 bits per heavy atom. The SMILES string of the molecule is NC(=O)C1CC2(CCCCC2)C1. The summed E-state index contributed by atoms with van der Waals surface area (Å²) in [6, 6.07) is 0. The van der Waals surface area contributed by atoms with Crippen LogP contribution in [0.4, 0.5) is 0 Å². The molecule has 68 valence electrons. The first kappa shape index (κ1) is 8.09. The van der Waals surface area contributed by atoms with Crippen LogP contribution in [-0.4, -0.2) is 5.91 Å². The van der Waals surface area contributed by atoms with Gasteiger partial charge >= 0.3 is 0 Å². The zero-order valence-corrected chi connectivity index (χ0v) is 7.51. The lowest BCUT2D eigenvalue weighted by atomic mass is 9.56. The largest absolute Gasteiger partial charge is 0.369 e. The molecule has 0 radical (unpaired) electrons. The molecule has 0 aromatic carbocycles. The summed E-state index contributed by atoms with van der Waals surface area (Å²) < 4.78 is 0. The third kappa shape index (κ3) is 1.23. The van der Waals surface area contributed by atoms with Gasteiger partial charge in [0.2, 0.25) is 5.91 Å². The van der Waals surface area contributed by atoms with Gasteiger partial charge in [0.05, 0.1) is 0 Å². The number of hydrogen-bond acceptors (Lipinski definition) is 1. The Hall–Kier alpha value is -0.530. The zero-order chi connectivity index (χ0) is 8.60. The van der Waals surface area contributed by atoms with Crippen molar-refractivity contribution in [3.05, 3.63) is 0 Å². The first-order chi connectivity index (χ1) is 5.72. The lowest BCUT2D eigenvalue weighted by molar-refractivity contribution is -0.130. The van der Waals surface area contributed by atoms with Crippen LogP contribution in [-0.2, 0) is 4.79 Å². The van der Waals surface area contributed by atoms with E-state index in [0.29, 0.717) is 5.41 Å². The first-order valence-corrected chi connectivity index (χ1v) is 5.01. The van der Waals surface area contributed by atoms with Gasteiger partial charge in [-0.3, -0.25) is 4.79 Å². The van der Waals surface area contributed by atoms with Crippen LogP contribution in [0.1, 0.15) is 44.9 Å². The quantitative estimate of drug-likeness (QED) is 0.636. The number of carbonyl (C=O) groups excluding carboxylic acids is 1. The zero-order valence-electron chi connectivity index (χ0n) is 7.51. The second kappa shape index (κ2) is 2.75. The first-order valence-electron chi connectivity index (χ1n) is 5.01. The maximum absolute atomic E-state index is 10.8. The third-order valence-electron chi connectivity index (χ3n) is 3.68. The Labute approximate surface area is 73.5 Å². The Morgan fingerprint density at radius 3 is 2.25 bits per heavy atom.